The van der Waals surface area contributed by atoms with Gasteiger partial charge in [0.25, 0.3) is 10.0 Å². The van der Waals surface area contributed by atoms with E-state index in [0.29, 0.717) is 16.5 Å². The highest BCUT2D eigenvalue weighted by Crippen LogP contribution is 2.32. The van der Waals surface area contributed by atoms with Crippen LogP contribution in [-0.4, -0.2) is 31.9 Å². The van der Waals surface area contributed by atoms with Gasteiger partial charge in [-0.15, -0.1) is 0 Å². The SMILES string of the molecule is O=C(N1CCc2ccc(S(=O)(=O)Nc3cccc(C(F)(F)F)c3)cc2C1)C(F)(F)F. The van der Waals surface area contributed by atoms with Gasteiger partial charge < -0.3 is 4.90 Å². The van der Waals surface area contributed by atoms with Crippen LogP contribution in [0.15, 0.2) is 47.4 Å². The summed E-state index contributed by atoms with van der Waals surface area (Å²) < 4.78 is 104. The van der Waals surface area contributed by atoms with Crippen molar-refractivity contribution >= 4 is 21.6 Å². The van der Waals surface area contributed by atoms with Crippen molar-refractivity contribution in [2.45, 2.75) is 30.2 Å². The highest BCUT2D eigenvalue weighted by molar-refractivity contribution is 7.92. The van der Waals surface area contributed by atoms with E-state index in [0.717, 1.165) is 24.3 Å². The van der Waals surface area contributed by atoms with Gasteiger partial charge in [0.1, 0.15) is 0 Å². The van der Waals surface area contributed by atoms with E-state index >= 15 is 0 Å². The van der Waals surface area contributed by atoms with Crippen molar-refractivity contribution in [1.82, 2.24) is 4.90 Å². The van der Waals surface area contributed by atoms with Gasteiger partial charge in [0.05, 0.1) is 10.5 Å². The number of fused-ring (bicyclic) bond motifs is 1. The molecule has 0 atom stereocenters. The smallest absolute Gasteiger partial charge is 0.330 e. The van der Waals surface area contributed by atoms with E-state index in [1.165, 1.54) is 12.1 Å². The first-order valence-corrected chi connectivity index (χ1v) is 9.94. The first-order valence-electron chi connectivity index (χ1n) is 8.45. The van der Waals surface area contributed by atoms with E-state index < -0.39 is 40.4 Å². The molecule has 0 saturated carbocycles. The third-order valence-corrected chi connectivity index (χ3v) is 5.85. The minimum Gasteiger partial charge on any atom is -0.330 e. The van der Waals surface area contributed by atoms with Crippen LogP contribution < -0.4 is 4.72 Å². The molecule has 1 aliphatic rings. The molecule has 1 N–H and O–H groups in total. The van der Waals surface area contributed by atoms with Crippen molar-refractivity contribution in [3.8, 4) is 0 Å². The summed E-state index contributed by atoms with van der Waals surface area (Å²) in [5, 5.41) is 0. The van der Waals surface area contributed by atoms with Gasteiger partial charge in [-0.3, -0.25) is 9.52 Å². The number of halogens is 6. The van der Waals surface area contributed by atoms with Crippen molar-refractivity contribution < 1.29 is 39.6 Å². The third-order valence-electron chi connectivity index (χ3n) is 4.47. The number of nitrogens with zero attached hydrogens (tertiary/aromatic N) is 1. The lowest BCUT2D eigenvalue weighted by molar-refractivity contribution is -0.186. The summed E-state index contributed by atoms with van der Waals surface area (Å²) in [6.45, 7) is -0.597. The van der Waals surface area contributed by atoms with Crippen LogP contribution in [-0.2, 0) is 34.0 Å². The number of rotatable bonds is 3. The number of alkyl halides is 6. The molecule has 30 heavy (non-hydrogen) atoms. The van der Waals surface area contributed by atoms with E-state index in [1.807, 2.05) is 4.72 Å². The van der Waals surface area contributed by atoms with Gasteiger partial charge in [0.15, 0.2) is 0 Å². The average molecular weight is 452 g/mol. The summed E-state index contributed by atoms with van der Waals surface area (Å²) >= 11 is 0. The predicted octanol–water partition coefficient (Wildman–Crippen LogP) is 3.95. The molecule has 2 aromatic carbocycles. The molecular weight excluding hydrogens is 438 g/mol. The normalized spacial score (nSPS) is 14.9. The predicted molar refractivity (Wildman–Crippen MR) is 93.9 cm³/mol. The quantitative estimate of drug-likeness (QED) is 0.718. The Morgan fingerprint density at radius 3 is 2.30 bits per heavy atom. The van der Waals surface area contributed by atoms with Gasteiger partial charge in [0, 0.05) is 18.8 Å². The maximum Gasteiger partial charge on any atom is 0.471 e. The van der Waals surface area contributed by atoms with Crippen molar-refractivity contribution in [3.05, 3.63) is 59.2 Å². The third kappa shape index (κ3) is 4.69. The van der Waals surface area contributed by atoms with E-state index in [-0.39, 0.29) is 29.1 Å². The summed E-state index contributed by atoms with van der Waals surface area (Å²) in [5.41, 5.74) is -0.573. The number of benzene rings is 2. The monoisotopic (exact) mass is 452 g/mol. The number of anilines is 1. The number of sulfonamides is 1. The maximum absolute atomic E-state index is 12.8. The minimum atomic E-state index is -5.05. The Labute approximate surface area is 167 Å². The lowest BCUT2D eigenvalue weighted by Gasteiger charge is -2.29. The number of hydrogen-bond donors (Lipinski definition) is 1. The van der Waals surface area contributed by atoms with Crippen LogP contribution >= 0.6 is 0 Å². The Hall–Kier alpha value is -2.76. The minimum absolute atomic E-state index is 0.110. The van der Waals surface area contributed by atoms with Crippen molar-refractivity contribution in [3.63, 3.8) is 0 Å². The molecule has 5 nitrogen and oxygen atoms in total. The molecule has 12 heteroatoms. The molecule has 1 amide bonds. The Kier molecular flexibility index (Phi) is 5.48. The number of amides is 1. The van der Waals surface area contributed by atoms with E-state index in [9.17, 15) is 39.6 Å². The van der Waals surface area contributed by atoms with Gasteiger partial charge in [0.2, 0.25) is 0 Å². The molecule has 3 rings (SSSR count). The van der Waals surface area contributed by atoms with E-state index in [2.05, 4.69) is 0 Å². The van der Waals surface area contributed by atoms with Gasteiger partial charge >= 0.3 is 18.3 Å². The highest BCUT2D eigenvalue weighted by atomic mass is 32.2. The second-order valence-corrected chi connectivity index (χ2v) is 8.27. The number of carbonyl (C=O) groups is 1. The number of hydrogen-bond acceptors (Lipinski definition) is 3. The lowest BCUT2D eigenvalue weighted by Crippen LogP contribution is -2.43. The molecule has 2 aromatic rings. The summed E-state index contributed by atoms with van der Waals surface area (Å²) in [6.07, 6.45) is -9.60. The number of nitrogens with one attached hydrogen (secondary N) is 1. The van der Waals surface area contributed by atoms with Gasteiger partial charge in [-0.25, -0.2) is 8.42 Å². The molecule has 0 radical (unpaired) electrons. The molecule has 1 heterocycles. The van der Waals surface area contributed by atoms with Crippen molar-refractivity contribution in [1.29, 1.82) is 0 Å². The van der Waals surface area contributed by atoms with Crippen LogP contribution in [0.4, 0.5) is 32.0 Å². The van der Waals surface area contributed by atoms with Gasteiger partial charge in [-0.1, -0.05) is 12.1 Å². The standard InChI is InChI=1S/C18H14F6N2O3S/c19-17(20,21)13-2-1-3-14(9-13)25-30(28,29)15-5-4-11-6-7-26(10-12(11)8-15)16(27)18(22,23)24/h1-5,8-9,25H,6-7,10H2. The molecule has 162 valence electrons. The fourth-order valence-corrected chi connectivity index (χ4v) is 4.13. The van der Waals surface area contributed by atoms with E-state index in [1.54, 1.807) is 0 Å². The average Bonchev–Trinajstić information content (AvgIpc) is 2.65. The molecule has 0 aliphatic carbocycles. The number of carbonyl (C=O) groups excluding carboxylic acids is 1. The van der Waals surface area contributed by atoms with Crippen LogP contribution in [0.25, 0.3) is 0 Å². The summed E-state index contributed by atoms with van der Waals surface area (Å²) in [5.74, 6) is -2.02. The zero-order valence-electron chi connectivity index (χ0n) is 15.0. The Bertz CT molecular complexity index is 1080. The molecule has 0 aromatic heterocycles. The molecule has 0 saturated heterocycles. The van der Waals surface area contributed by atoms with Crippen LogP contribution in [0.2, 0.25) is 0 Å². The summed E-state index contributed by atoms with van der Waals surface area (Å²) in [6, 6.07) is 7.30. The van der Waals surface area contributed by atoms with Crippen molar-refractivity contribution in [2.75, 3.05) is 11.3 Å². The first-order chi connectivity index (χ1) is 13.8. The lowest BCUT2D eigenvalue weighted by atomic mass is 10.00. The highest BCUT2D eigenvalue weighted by Gasteiger charge is 2.43. The maximum atomic E-state index is 12.8. The fraction of sp³-hybridized carbons (Fsp3) is 0.278. The first kappa shape index (κ1) is 21.9. The van der Waals surface area contributed by atoms with E-state index in [4.69, 9.17) is 0 Å². The summed E-state index contributed by atoms with van der Waals surface area (Å²) in [4.78, 5) is 11.7. The van der Waals surface area contributed by atoms with Gasteiger partial charge in [-0.2, -0.15) is 26.3 Å². The largest absolute Gasteiger partial charge is 0.471 e. The van der Waals surface area contributed by atoms with Crippen LogP contribution in [0.5, 0.6) is 0 Å². The molecular formula is C18H14F6N2O3S. The zero-order chi connectivity index (χ0) is 22.3. The Morgan fingerprint density at radius 2 is 1.67 bits per heavy atom. The molecule has 0 bridgehead atoms. The second kappa shape index (κ2) is 7.49. The molecule has 0 fully saturated rings. The Morgan fingerprint density at radius 1 is 0.967 bits per heavy atom. The summed E-state index contributed by atoms with van der Waals surface area (Å²) in [7, 11) is -4.32. The second-order valence-electron chi connectivity index (χ2n) is 6.59. The van der Waals surface area contributed by atoms with Crippen molar-refractivity contribution in [2.24, 2.45) is 0 Å². The van der Waals surface area contributed by atoms with Gasteiger partial charge in [-0.05, 0) is 47.9 Å². The molecule has 0 unspecified atom stereocenters. The Balaban J connectivity index is 1.86. The fourth-order valence-electron chi connectivity index (χ4n) is 3.03. The van der Waals surface area contributed by atoms with Crippen LogP contribution in [0, 0.1) is 0 Å². The zero-order valence-corrected chi connectivity index (χ0v) is 15.8. The van der Waals surface area contributed by atoms with Crippen LogP contribution in [0.1, 0.15) is 16.7 Å². The topological polar surface area (TPSA) is 66.5 Å². The molecule has 1 aliphatic heterocycles. The van der Waals surface area contributed by atoms with Crippen LogP contribution in [0.3, 0.4) is 0 Å². The molecule has 0 spiro atoms.